The van der Waals surface area contributed by atoms with Crippen LogP contribution in [0, 0.1) is 0 Å². The molecular weight excluding hydrogens is 260 g/mol. The number of benzene rings is 2. The van der Waals surface area contributed by atoms with Crippen molar-refractivity contribution >= 4 is 0 Å². The van der Waals surface area contributed by atoms with E-state index in [0.717, 1.165) is 42.4 Å². The van der Waals surface area contributed by atoms with Crippen molar-refractivity contribution in [1.82, 2.24) is 0 Å². The predicted octanol–water partition coefficient (Wildman–Crippen LogP) is 4.59. The Morgan fingerprint density at radius 2 is 1.81 bits per heavy atom. The number of hydrogen-bond acceptors (Lipinski definition) is 2. The predicted molar refractivity (Wildman–Crippen MR) is 87.7 cm³/mol. The standard InChI is InChI=1S/C19H24O2/c1-3-4-8-15-13-18(16-9-6-5-7-10-16)17(11-12-21-2)19(20)14-15/h5-7,9-10,13-14,20H,3-4,8,11-12H2,1-2H3. The minimum Gasteiger partial charge on any atom is -0.508 e. The maximum absolute atomic E-state index is 10.4. The summed E-state index contributed by atoms with van der Waals surface area (Å²) < 4.78 is 5.18. The summed E-state index contributed by atoms with van der Waals surface area (Å²) >= 11 is 0. The Morgan fingerprint density at radius 1 is 1.05 bits per heavy atom. The fourth-order valence-electron chi connectivity index (χ4n) is 2.58. The number of aromatic hydroxyl groups is 1. The fraction of sp³-hybridized carbons (Fsp3) is 0.368. The van der Waals surface area contributed by atoms with Crippen LogP contribution < -0.4 is 0 Å². The number of methoxy groups -OCH3 is 1. The SMILES string of the molecule is CCCCc1cc(O)c(CCOC)c(-c2ccccc2)c1. The average Bonchev–Trinajstić information content (AvgIpc) is 2.52. The smallest absolute Gasteiger partial charge is 0.119 e. The van der Waals surface area contributed by atoms with E-state index in [1.54, 1.807) is 7.11 Å². The summed E-state index contributed by atoms with van der Waals surface area (Å²) in [6, 6.07) is 14.4. The molecule has 2 heteroatoms. The van der Waals surface area contributed by atoms with E-state index in [1.165, 1.54) is 5.56 Å². The van der Waals surface area contributed by atoms with Crippen LogP contribution in [0.3, 0.4) is 0 Å². The van der Waals surface area contributed by atoms with Crippen LogP contribution in [0.1, 0.15) is 30.9 Å². The molecule has 0 aliphatic heterocycles. The van der Waals surface area contributed by atoms with Gasteiger partial charge in [0.2, 0.25) is 0 Å². The third kappa shape index (κ3) is 4.08. The van der Waals surface area contributed by atoms with Gasteiger partial charge < -0.3 is 9.84 Å². The summed E-state index contributed by atoms with van der Waals surface area (Å²) in [5, 5.41) is 10.4. The molecule has 2 aromatic rings. The van der Waals surface area contributed by atoms with Crippen molar-refractivity contribution in [2.45, 2.75) is 32.6 Å². The molecule has 0 aliphatic carbocycles. The van der Waals surface area contributed by atoms with Gasteiger partial charge in [0.05, 0.1) is 6.61 Å². The second-order valence-electron chi connectivity index (χ2n) is 5.35. The van der Waals surface area contributed by atoms with Gasteiger partial charge in [-0.25, -0.2) is 0 Å². The number of aryl methyl sites for hydroxylation is 1. The topological polar surface area (TPSA) is 29.5 Å². The number of hydrogen-bond donors (Lipinski definition) is 1. The molecule has 2 aromatic carbocycles. The molecule has 0 saturated carbocycles. The van der Waals surface area contributed by atoms with Gasteiger partial charge in [-0.3, -0.25) is 0 Å². The fourth-order valence-corrected chi connectivity index (χ4v) is 2.58. The van der Waals surface area contributed by atoms with E-state index in [2.05, 4.69) is 25.1 Å². The molecule has 2 rings (SSSR count). The van der Waals surface area contributed by atoms with Crippen molar-refractivity contribution in [3.8, 4) is 16.9 Å². The number of phenolic OH excluding ortho intramolecular Hbond substituents is 1. The van der Waals surface area contributed by atoms with Crippen LogP contribution in [0.15, 0.2) is 42.5 Å². The minimum atomic E-state index is 0.388. The van der Waals surface area contributed by atoms with Gasteiger partial charge in [-0.2, -0.15) is 0 Å². The van der Waals surface area contributed by atoms with Gasteiger partial charge in [0, 0.05) is 19.1 Å². The molecule has 0 aromatic heterocycles. The van der Waals surface area contributed by atoms with Crippen molar-refractivity contribution < 1.29 is 9.84 Å². The first-order valence-electron chi connectivity index (χ1n) is 7.65. The summed E-state index contributed by atoms with van der Waals surface area (Å²) in [6.45, 7) is 2.80. The normalized spacial score (nSPS) is 10.8. The Morgan fingerprint density at radius 3 is 2.48 bits per heavy atom. The van der Waals surface area contributed by atoms with E-state index in [1.807, 2.05) is 24.3 Å². The van der Waals surface area contributed by atoms with Gasteiger partial charge in [-0.15, -0.1) is 0 Å². The molecule has 0 aliphatic rings. The first-order chi connectivity index (χ1) is 10.3. The van der Waals surface area contributed by atoms with Crippen molar-refractivity contribution in [3.05, 3.63) is 53.6 Å². The highest BCUT2D eigenvalue weighted by Gasteiger charge is 2.12. The van der Waals surface area contributed by atoms with Gasteiger partial charge in [0.1, 0.15) is 5.75 Å². The Kier molecular flexibility index (Phi) is 5.82. The van der Waals surface area contributed by atoms with Crippen LogP contribution in [0.2, 0.25) is 0 Å². The number of unbranched alkanes of at least 4 members (excludes halogenated alkanes) is 1. The summed E-state index contributed by atoms with van der Waals surface area (Å²) in [5.41, 5.74) is 4.45. The Hall–Kier alpha value is -1.80. The maximum Gasteiger partial charge on any atom is 0.119 e. The van der Waals surface area contributed by atoms with E-state index in [4.69, 9.17) is 4.74 Å². The zero-order valence-corrected chi connectivity index (χ0v) is 12.9. The highest BCUT2D eigenvalue weighted by atomic mass is 16.5. The summed E-state index contributed by atoms with van der Waals surface area (Å²) in [7, 11) is 1.69. The van der Waals surface area contributed by atoms with Crippen molar-refractivity contribution in [2.75, 3.05) is 13.7 Å². The molecule has 0 bridgehead atoms. The summed E-state index contributed by atoms with van der Waals surface area (Å²) in [4.78, 5) is 0. The van der Waals surface area contributed by atoms with Crippen LogP contribution in [-0.4, -0.2) is 18.8 Å². The molecule has 0 saturated heterocycles. The lowest BCUT2D eigenvalue weighted by molar-refractivity contribution is 0.201. The lowest BCUT2D eigenvalue weighted by Crippen LogP contribution is -1.99. The zero-order chi connectivity index (χ0) is 15.1. The molecule has 0 spiro atoms. The van der Waals surface area contributed by atoms with Gasteiger partial charge in [-0.05, 0) is 35.6 Å². The van der Waals surface area contributed by atoms with E-state index in [-0.39, 0.29) is 0 Å². The molecule has 21 heavy (non-hydrogen) atoms. The second kappa shape index (κ2) is 7.84. The highest BCUT2D eigenvalue weighted by Crippen LogP contribution is 2.32. The largest absolute Gasteiger partial charge is 0.508 e. The molecule has 2 nitrogen and oxygen atoms in total. The quantitative estimate of drug-likeness (QED) is 0.805. The number of rotatable bonds is 7. The van der Waals surface area contributed by atoms with Gasteiger partial charge in [0.25, 0.3) is 0 Å². The van der Waals surface area contributed by atoms with E-state index in [9.17, 15) is 5.11 Å². The van der Waals surface area contributed by atoms with Crippen LogP contribution in [-0.2, 0) is 17.6 Å². The highest BCUT2D eigenvalue weighted by molar-refractivity contribution is 5.71. The van der Waals surface area contributed by atoms with Gasteiger partial charge in [-0.1, -0.05) is 49.7 Å². The third-order valence-electron chi connectivity index (χ3n) is 3.75. The molecular formula is C19H24O2. The molecule has 0 fully saturated rings. The molecule has 0 unspecified atom stereocenters. The molecule has 112 valence electrons. The molecule has 0 heterocycles. The van der Waals surface area contributed by atoms with E-state index in [0.29, 0.717) is 12.4 Å². The minimum absolute atomic E-state index is 0.388. The van der Waals surface area contributed by atoms with Gasteiger partial charge in [0.15, 0.2) is 0 Å². The van der Waals surface area contributed by atoms with Crippen molar-refractivity contribution in [1.29, 1.82) is 0 Å². The lowest BCUT2D eigenvalue weighted by atomic mass is 9.93. The summed E-state index contributed by atoms with van der Waals surface area (Å²) in [6.07, 6.45) is 4.03. The zero-order valence-electron chi connectivity index (χ0n) is 12.9. The molecule has 1 N–H and O–H groups in total. The van der Waals surface area contributed by atoms with Gasteiger partial charge >= 0.3 is 0 Å². The lowest BCUT2D eigenvalue weighted by Gasteiger charge is -2.14. The third-order valence-corrected chi connectivity index (χ3v) is 3.75. The first-order valence-corrected chi connectivity index (χ1v) is 7.65. The Bertz CT molecular complexity index is 561. The number of phenols is 1. The van der Waals surface area contributed by atoms with Crippen LogP contribution in [0.4, 0.5) is 0 Å². The van der Waals surface area contributed by atoms with Crippen molar-refractivity contribution in [3.63, 3.8) is 0 Å². The molecule has 0 radical (unpaired) electrons. The maximum atomic E-state index is 10.4. The summed E-state index contributed by atoms with van der Waals surface area (Å²) in [5.74, 6) is 0.388. The molecule has 0 amide bonds. The Balaban J connectivity index is 2.43. The van der Waals surface area contributed by atoms with Crippen LogP contribution in [0.5, 0.6) is 5.75 Å². The van der Waals surface area contributed by atoms with E-state index >= 15 is 0 Å². The van der Waals surface area contributed by atoms with Crippen LogP contribution >= 0.6 is 0 Å². The monoisotopic (exact) mass is 284 g/mol. The number of ether oxygens (including phenoxy) is 1. The first kappa shape index (κ1) is 15.6. The molecule has 0 atom stereocenters. The Labute approximate surface area is 127 Å². The van der Waals surface area contributed by atoms with Crippen molar-refractivity contribution in [2.24, 2.45) is 0 Å². The second-order valence-corrected chi connectivity index (χ2v) is 5.35. The van der Waals surface area contributed by atoms with Crippen LogP contribution in [0.25, 0.3) is 11.1 Å². The average molecular weight is 284 g/mol. The van der Waals surface area contributed by atoms with E-state index < -0.39 is 0 Å².